The van der Waals surface area contributed by atoms with E-state index < -0.39 is 109 Å². The van der Waals surface area contributed by atoms with Gasteiger partial charge in [0, 0.05) is 38.8 Å². The number of thiol groups is 1. The van der Waals surface area contributed by atoms with E-state index in [0.717, 1.165) is 6.29 Å². The Labute approximate surface area is 499 Å². The van der Waals surface area contributed by atoms with E-state index in [0.29, 0.717) is 110 Å². The van der Waals surface area contributed by atoms with Crippen LogP contribution in [0.25, 0.3) is 0 Å². The van der Waals surface area contributed by atoms with Crippen LogP contribution in [0, 0.1) is 0 Å². The van der Waals surface area contributed by atoms with E-state index in [-0.39, 0.29) is 105 Å². The average Bonchev–Trinajstić information content (AvgIpc) is 3.96. The maximum Gasteiger partial charge on any atom is 0.326 e. The number of hydrogen-bond acceptors (Lipinski definition) is 24. The van der Waals surface area contributed by atoms with Gasteiger partial charge in [-0.1, -0.05) is 0 Å². The first kappa shape index (κ1) is 77.0. The van der Waals surface area contributed by atoms with Gasteiger partial charge >= 0.3 is 5.97 Å². The summed E-state index contributed by atoms with van der Waals surface area (Å²) in [6, 6.07) is -2.33. The van der Waals surface area contributed by atoms with Gasteiger partial charge in [0.1, 0.15) is 24.9 Å². The molecule has 33 nitrogen and oxygen atoms in total. The lowest BCUT2D eigenvalue weighted by atomic mass is 10.1. The zero-order valence-electron chi connectivity index (χ0n) is 48.2. The molecule has 0 bridgehead atoms. The van der Waals surface area contributed by atoms with Crippen LogP contribution in [0.2, 0.25) is 0 Å². The second kappa shape index (κ2) is 52.3. The topological polar surface area (TPSA) is 443 Å². The number of imide groups is 1. The number of unbranched alkanes of at least 4 members (excludes halogenated alkanes) is 1. The van der Waals surface area contributed by atoms with E-state index in [1.54, 1.807) is 0 Å². The second-order valence-corrected chi connectivity index (χ2v) is 18.6. The van der Waals surface area contributed by atoms with Crippen molar-refractivity contribution in [3.8, 4) is 0 Å². The third-order valence-corrected chi connectivity index (χ3v) is 11.5. The van der Waals surface area contributed by atoms with Crippen LogP contribution in [0.4, 0.5) is 0 Å². The zero-order chi connectivity index (χ0) is 62.6. The monoisotopic (exact) mass is 1240 g/mol. The third kappa shape index (κ3) is 44.1. The van der Waals surface area contributed by atoms with Crippen LogP contribution >= 0.6 is 12.6 Å². The van der Waals surface area contributed by atoms with Gasteiger partial charge < -0.3 is 106 Å². The molecular weight excluding hydrogens is 1150 g/mol. The molecule has 0 saturated carbocycles. The molecule has 85 heavy (non-hydrogen) atoms. The number of hydrogen-bond donors (Lipinski definition) is 11. The molecule has 0 radical (unpaired) electrons. The summed E-state index contributed by atoms with van der Waals surface area (Å²) >= 11 is 4.02. The van der Waals surface area contributed by atoms with Crippen molar-refractivity contribution >= 4 is 84.0 Å². The van der Waals surface area contributed by atoms with Crippen LogP contribution in [0.3, 0.4) is 0 Å². The zero-order valence-corrected chi connectivity index (χ0v) is 49.1. The van der Waals surface area contributed by atoms with E-state index in [9.17, 15) is 62.6 Å². The Kier molecular flexibility index (Phi) is 47.3. The van der Waals surface area contributed by atoms with Crippen molar-refractivity contribution in [2.45, 2.75) is 68.7 Å². The minimum Gasteiger partial charge on any atom is -0.480 e. The summed E-state index contributed by atoms with van der Waals surface area (Å²) < 4.78 is 54.0. The Balaban J connectivity index is 2.05. The highest BCUT2D eigenvalue weighted by Gasteiger charge is 2.38. The summed E-state index contributed by atoms with van der Waals surface area (Å²) in [5.41, 5.74) is 5.42. The van der Waals surface area contributed by atoms with Crippen molar-refractivity contribution in [2.75, 3.05) is 184 Å². The van der Waals surface area contributed by atoms with E-state index >= 15 is 0 Å². The Morgan fingerprint density at radius 3 is 1.32 bits per heavy atom. The van der Waals surface area contributed by atoms with Crippen molar-refractivity contribution in [2.24, 2.45) is 5.73 Å². The Morgan fingerprint density at radius 2 is 0.894 bits per heavy atom. The number of carboxylic acids is 1. The molecule has 11 N–H and O–H groups in total. The fourth-order valence-electron chi connectivity index (χ4n) is 6.73. The number of nitrogens with two attached hydrogens (primary N) is 1. The number of carbonyl (C=O) groups excluding carboxylic acids is 11. The predicted octanol–water partition coefficient (Wildman–Crippen LogP) is -6.15. The van der Waals surface area contributed by atoms with Gasteiger partial charge in [-0.2, -0.15) is 12.6 Å². The molecule has 1 rings (SSSR count). The van der Waals surface area contributed by atoms with Crippen LogP contribution in [0.1, 0.15) is 51.4 Å². The Morgan fingerprint density at radius 1 is 0.494 bits per heavy atom. The highest BCUT2D eigenvalue weighted by molar-refractivity contribution is 7.81. The minimum atomic E-state index is -1.39. The maximum absolute atomic E-state index is 13.1. The Hall–Kier alpha value is -6.05. The number of carboxylic acid groups (broad SMARTS) is 1. The molecule has 0 aromatic carbocycles. The number of nitrogens with zero attached hydrogens (tertiary/aromatic N) is 1. The molecule has 3 atom stereocenters. The highest BCUT2D eigenvalue weighted by atomic mass is 32.1. The summed E-state index contributed by atoms with van der Waals surface area (Å²) in [5.74, 6) is -7.90. The SMILES string of the molecule is NCCCC[C@H](NC(=O)CCOCCOCCOCCOCCOCCOCCOCCOCCNC(=O)CNC(=O)CNC(=O)CNC(=O)CNC(=O)[C@H](CCC(=O)NCCOCCOCCC=O)NC(=O)CN1C(=O)CC(S)C1=O)C(=O)O. The number of nitrogens with one attached hydrogen (secondary N) is 8. The van der Waals surface area contributed by atoms with E-state index in [2.05, 4.69) is 55.2 Å². The van der Waals surface area contributed by atoms with E-state index in [1.165, 1.54) is 0 Å². The standard InChI is InChI=1S/C51H88N10O23S/c52-8-2-1-4-39(51(73)74)60-42(64)7-13-76-17-20-79-22-24-81-26-28-83-30-31-84-29-27-82-25-23-80-21-19-78-15-10-54-43(65)33-55-44(66)34-56-45(67)35-57-46(68)36-58-49(71)38(59-47(69)37-61-48(70)32-40(85)50(61)72)5-6-41(63)53-9-14-77-18-16-75-12-3-11-62/h11,38-40,85H,1-10,12-37,52H2,(H,53,63)(H,54,65)(H,55,66)(H,56,67)(H,57,68)(H,58,71)(H,59,69)(H,60,64)(H,73,74)/t38-,39-,40?/m0/s1. The number of carbonyl (C=O) groups is 12. The first-order valence-corrected chi connectivity index (χ1v) is 28.5. The molecule has 486 valence electrons. The van der Waals surface area contributed by atoms with Gasteiger partial charge in [-0.05, 0) is 32.2 Å². The number of aliphatic carboxylic acids is 1. The first-order chi connectivity index (χ1) is 41.1. The average molecular weight is 1240 g/mol. The van der Waals surface area contributed by atoms with Crippen LogP contribution in [-0.2, 0) is 105 Å². The molecule has 0 aromatic rings. The molecule has 1 saturated heterocycles. The number of rotatable bonds is 57. The van der Waals surface area contributed by atoms with Crippen molar-refractivity contribution in [3.63, 3.8) is 0 Å². The molecule has 10 amide bonds. The lowest BCUT2D eigenvalue weighted by Crippen LogP contribution is -2.52. The molecule has 1 fully saturated rings. The largest absolute Gasteiger partial charge is 0.480 e. The van der Waals surface area contributed by atoms with Crippen LogP contribution in [-0.4, -0.2) is 283 Å². The van der Waals surface area contributed by atoms with Gasteiger partial charge in [-0.3, -0.25) is 52.8 Å². The van der Waals surface area contributed by atoms with Gasteiger partial charge in [0.2, 0.25) is 59.1 Å². The molecule has 0 aliphatic carbocycles. The third-order valence-electron chi connectivity index (χ3n) is 11.1. The van der Waals surface area contributed by atoms with Crippen LogP contribution in [0.5, 0.6) is 0 Å². The first-order valence-electron chi connectivity index (χ1n) is 27.9. The minimum absolute atomic E-state index is 0.0463. The summed E-state index contributed by atoms with van der Waals surface area (Å²) in [5, 5.41) is 27.5. The molecule has 1 aliphatic rings. The lowest BCUT2D eigenvalue weighted by Gasteiger charge is -2.20. The van der Waals surface area contributed by atoms with Gasteiger partial charge in [-0.25, -0.2) is 4.79 Å². The summed E-state index contributed by atoms with van der Waals surface area (Å²) in [6.07, 6.45) is 1.94. The molecular formula is C51H88N10O23S. The smallest absolute Gasteiger partial charge is 0.326 e. The van der Waals surface area contributed by atoms with Gasteiger partial charge in [-0.15, -0.1) is 0 Å². The normalized spacial score (nSPS) is 13.6. The molecule has 0 aromatic heterocycles. The van der Waals surface area contributed by atoms with Crippen molar-refractivity contribution < 1.29 is 110 Å². The molecule has 0 spiro atoms. The Bertz CT molecular complexity index is 1980. The van der Waals surface area contributed by atoms with Crippen molar-refractivity contribution in [1.29, 1.82) is 0 Å². The summed E-state index contributed by atoms with van der Waals surface area (Å²) in [4.78, 5) is 146. The van der Waals surface area contributed by atoms with Gasteiger partial charge in [0.25, 0.3) is 0 Å². The lowest BCUT2D eigenvalue weighted by molar-refractivity contribution is -0.143. The fraction of sp³-hybridized carbons (Fsp3) is 0.765. The highest BCUT2D eigenvalue weighted by Crippen LogP contribution is 2.17. The predicted molar refractivity (Wildman–Crippen MR) is 299 cm³/mol. The fourth-order valence-corrected chi connectivity index (χ4v) is 7.02. The number of ether oxygens (including phenoxy) is 10. The van der Waals surface area contributed by atoms with Gasteiger partial charge in [0.15, 0.2) is 0 Å². The van der Waals surface area contributed by atoms with E-state index in [1.807, 2.05) is 0 Å². The maximum atomic E-state index is 13.1. The second-order valence-electron chi connectivity index (χ2n) is 18.0. The summed E-state index contributed by atoms with van der Waals surface area (Å²) in [6.45, 7) is 3.91. The number of aldehydes is 1. The van der Waals surface area contributed by atoms with Crippen molar-refractivity contribution in [1.82, 2.24) is 47.4 Å². The number of amides is 10. The van der Waals surface area contributed by atoms with Crippen molar-refractivity contribution in [3.05, 3.63) is 0 Å². The summed E-state index contributed by atoms with van der Waals surface area (Å²) in [7, 11) is 0. The molecule has 1 unspecified atom stereocenters. The molecule has 1 aliphatic heterocycles. The quantitative estimate of drug-likeness (QED) is 0.0117. The van der Waals surface area contributed by atoms with Gasteiger partial charge in [0.05, 0.1) is 164 Å². The molecule has 1 heterocycles. The van der Waals surface area contributed by atoms with Crippen LogP contribution in [0.15, 0.2) is 0 Å². The molecule has 34 heteroatoms. The van der Waals surface area contributed by atoms with Crippen LogP contribution < -0.4 is 48.3 Å². The number of likely N-dealkylation sites (tertiary alicyclic amines) is 1. The van der Waals surface area contributed by atoms with E-state index in [4.69, 9.17) is 53.1 Å².